The van der Waals surface area contributed by atoms with E-state index in [-0.39, 0.29) is 10.3 Å². The van der Waals surface area contributed by atoms with Crippen molar-refractivity contribution in [2.24, 2.45) is 4.99 Å². The largest absolute Gasteiger partial charge is 0.382 e. The maximum Gasteiger partial charge on any atom is 0.382 e. The number of aliphatic imine (C=N–C) groups is 1. The minimum absolute atomic E-state index is 0.265. The first-order valence-electron chi connectivity index (χ1n) is 1.59. The Kier molecular flexibility index (Phi) is 1.15. The third-order valence-corrected chi connectivity index (χ3v) is 1.16. The lowest BCUT2D eigenvalue weighted by molar-refractivity contribution is 1.70. The van der Waals surface area contributed by atoms with E-state index in [0.29, 0.717) is 0 Å². The van der Waals surface area contributed by atoms with Crippen molar-refractivity contribution in [2.75, 3.05) is 0 Å². The van der Waals surface area contributed by atoms with E-state index in [4.69, 9.17) is 23.2 Å². The molecule has 0 saturated heterocycles. The molecule has 0 saturated carbocycles. The number of nitrogens with zero attached hydrogens (tertiary/aromatic N) is 2. The van der Waals surface area contributed by atoms with Gasteiger partial charge in [-0.2, -0.15) is 4.67 Å². The van der Waals surface area contributed by atoms with Crippen molar-refractivity contribution in [1.29, 1.82) is 0 Å². The lowest BCUT2D eigenvalue weighted by Crippen LogP contribution is -1.95. The topological polar surface area (TPSA) is 26.5 Å². The Balaban J connectivity index is 2.97. The fourth-order valence-electron chi connectivity index (χ4n) is 0.237. The fraction of sp³-hybridized carbons (Fsp3) is 0. The van der Waals surface area contributed by atoms with Gasteiger partial charge < -0.3 is 0 Å². The van der Waals surface area contributed by atoms with Crippen molar-refractivity contribution in [2.45, 2.75) is 0 Å². The van der Waals surface area contributed by atoms with Gasteiger partial charge in [-0.25, -0.2) is 0 Å². The standard InChI is InChI=1S/C3HCl2N2/c4-2-3(5)7-1-6-2/h1H/q+1. The monoisotopic (exact) mass is 135 g/mol. The van der Waals surface area contributed by atoms with Crippen molar-refractivity contribution >= 4 is 39.9 Å². The molecule has 0 amide bonds. The molecule has 1 heterocycles. The van der Waals surface area contributed by atoms with Crippen molar-refractivity contribution in [3.63, 3.8) is 0 Å². The predicted octanol–water partition coefficient (Wildman–Crippen LogP) is 0.370. The molecule has 4 heteroatoms. The van der Waals surface area contributed by atoms with Crippen LogP contribution in [-0.4, -0.2) is 16.7 Å². The molecule has 0 bridgehead atoms. The second-order valence-corrected chi connectivity index (χ2v) is 1.67. The molecule has 0 aromatic carbocycles. The van der Waals surface area contributed by atoms with Crippen LogP contribution in [-0.2, 0) is 0 Å². The van der Waals surface area contributed by atoms with Gasteiger partial charge in [-0.3, -0.25) is 0 Å². The van der Waals surface area contributed by atoms with Gasteiger partial charge >= 0.3 is 16.7 Å². The maximum absolute atomic E-state index is 5.32. The highest BCUT2D eigenvalue weighted by Gasteiger charge is 2.16. The van der Waals surface area contributed by atoms with Gasteiger partial charge in [0, 0.05) is 0 Å². The molecular weight excluding hydrogens is 135 g/mol. The maximum atomic E-state index is 5.32. The van der Waals surface area contributed by atoms with E-state index in [2.05, 4.69) is 9.66 Å². The van der Waals surface area contributed by atoms with E-state index in [1.54, 1.807) is 0 Å². The van der Waals surface area contributed by atoms with Gasteiger partial charge in [0.25, 0.3) is 0 Å². The highest BCUT2D eigenvalue weighted by Crippen LogP contribution is 1.92. The van der Waals surface area contributed by atoms with Gasteiger partial charge in [-0.1, -0.05) is 0 Å². The van der Waals surface area contributed by atoms with Gasteiger partial charge in [-0.15, -0.1) is 0 Å². The van der Waals surface area contributed by atoms with E-state index in [1.165, 1.54) is 6.34 Å². The van der Waals surface area contributed by atoms with Gasteiger partial charge in [0.2, 0.25) is 0 Å². The average Bonchev–Trinajstić information content (AvgIpc) is 1.91. The Bertz CT molecular complexity index is 175. The third kappa shape index (κ3) is 0.829. The van der Waals surface area contributed by atoms with E-state index in [1.807, 2.05) is 0 Å². The first-order chi connectivity index (χ1) is 3.30. The van der Waals surface area contributed by atoms with E-state index < -0.39 is 0 Å². The zero-order valence-electron chi connectivity index (χ0n) is 3.23. The predicted molar refractivity (Wildman–Crippen MR) is 32.3 cm³/mol. The van der Waals surface area contributed by atoms with Crippen LogP contribution >= 0.6 is 23.2 Å². The number of hydrogen-bond donors (Lipinski definition) is 0. The van der Waals surface area contributed by atoms with Gasteiger partial charge in [-0.05, 0) is 28.2 Å². The number of rotatable bonds is 0. The molecule has 0 fully saturated rings. The summed E-state index contributed by atoms with van der Waals surface area (Å²) in [6.45, 7) is 0. The zero-order valence-corrected chi connectivity index (χ0v) is 4.74. The molecule has 0 radical (unpaired) electrons. The lowest BCUT2D eigenvalue weighted by atomic mass is 10.8. The summed E-state index contributed by atoms with van der Waals surface area (Å²) in [4.78, 5) is 3.54. The molecular formula is C3HCl2N2+. The SMILES string of the molecule is ClC1=NC=[N+]=C1Cl. The minimum Gasteiger partial charge on any atom is -0.188 e. The first-order valence-corrected chi connectivity index (χ1v) is 2.35. The molecule has 7 heavy (non-hydrogen) atoms. The van der Waals surface area contributed by atoms with Crippen LogP contribution in [0.25, 0.3) is 0 Å². The molecule has 0 unspecified atom stereocenters. The normalized spacial score (nSPS) is 16.9. The second kappa shape index (κ2) is 1.66. The van der Waals surface area contributed by atoms with Crippen LogP contribution in [0.4, 0.5) is 0 Å². The Morgan fingerprint density at radius 1 is 1.57 bits per heavy atom. The smallest absolute Gasteiger partial charge is 0.188 e. The summed E-state index contributed by atoms with van der Waals surface area (Å²) >= 11 is 10.6. The van der Waals surface area contributed by atoms with Crippen molar-refractivity contribution in [3.05, 3.63) is 0 Å². The minimum atomic E-state index is 0.265. The van der Waals surface area contributed by atoms with Crippen molar-refractivity contribution in [3.8, 4) is 0 Å². The molecule has 0 aromatic heterocycles. The Morgan fingerprint density at radius 2 is 2.29 bits per heavy atom. The van der Waals surface area contributed by atoms with Crippen LogP contribution in [0, 0.1) is 0 Å². The Morgan fingerprint density at radius 3 is 2.43 bits per heavy atom. The molecule has 1 aliphatic heterocycles. The molecule has 36 valence electrons. The van der Waals surface area contributed by atoms with E-state index in [0.717, 1.165) is 0 Å². The van der Waals surface area contributed by atoms with Gasteiger partial charge in [0.15, 0.2) is 0 Å². The van der Waals surface area contributed by atoms with Crippen molar-refractivity contribution in [1.82, 2.24) is 4.67 Å². The fourth-order valence-corrected chi connectivity index (χ4v) is 0.422. The molecule has 0 aromatic rings. The molecule has 0 N–H and O–H groups in total. The molecule has 0 spiro atoms. The van der Waals surface area contributed by atoms with Crippen LogP contribution in [0.3, 0.4) is 0 Å². The summed E-state index contributed by atoms with van der Waals surface area (Å²) in [5, 5.41) is 0.531. The molecule has 0 aliphatic carbocycles. The summed E-state index contributed by atoms with van der Waals surface area (Å²) in [7, 11) is 0. The molecule has 1 rings (SSSR count). The quantitative estimate of drug-likeness (QED) is 0.430. The van der Waals surface area contributed by atoms with Crippen LogP contribution in [0.5, 0.6) is 0 Å². The molecule has 1 aliphatic rings. The van der Waals surface area contributed by atoms with E-state index >= 15 is 0 Å². The highest BCUT2D eigenvalue weighted by molar-refractivity contribution is 7.00. The summed E-state index contributed by atoms with van der Waals surface area (Å²) in [5.74, 6) is 0. The number of halogens is 2. The Labute approximate surface area is 50.2 Å². The van der Waals surface area contributed by atoms with Crippen LogP contribution in [0.1, 0.15) is 0 Å². The average molecular weight is 136 g/mol. The second-order valence-electron chi connectivity index (χ2n) is 0.955. The number of hydrogen-bond acceptors (Lipinski definition) is 1. The van der Waals surface area contributed by atoms with Gasteiger partial charge in [0.1, 0.15) is 0 Å². The summed E-state index contributed by atoms with van der Waals surface area (Å²) in [6.07, 6.45) is 1.31. The Hall–Kier alpha value is -0.300. The van der Waals surface area contributed by atoms with E-state index in [9.17, 15) is 0 Å². The first kappa shape index (κ1) is 4.85. The summed E-state index contributed by atoms with van der Waals surface area (Å²) in [5.41, 5.74) is 0. The summed E-state index contributed by atoms with van der Waals surface area (Å²) < 4.78 is 3.54. The van der Waals surface area contributed by atoms with Gasteiger partial charge in [0.05, 0.1) is 0 Å². The highest BCUT2D eigenvalue weighted by atomic mass is 35.5. The lowest BCUT2D eigenvalue weighted by Gasteiger charge is -1.62. The summed E-state index contributed by atoms with van der Waals surface area (Å²) in [6, 6.07) is 0. The zero-order chi connectivity index (χ0) is 5.28. The van der Waals surface area contributed by atoms with Crippen LogP contribution < -0.4 is 4.67 Å². The van der Waals surface area contributed by atoms with Crippen LogP contribution in [0.2, 0.25) is 0 Å². The van der Waals surface area contributed by atoms with Crippen LogP contribution in [0.15, 0.2) is 4.99 Å². The third-order valence-electron chi connectivity index (χ3n) is 0.512. The molecule has 0 atom stereocenters. The van der Waals surface area contributed by atoms with Crippen molar-refractivity contribution < 1.29 is 0 Å². The molecule has 2 nitrogen and oxygen atoms in total.